The fourth-order valence-electron chi connectivity index (χ4n) is 2.18. The average Bonchev–Trinajstić information content (AvgIpc) is 2.46. The van der Waals surface area contributed by atoms with Crippen molar-refractivity contribution in [1.29, 1.82) is 0 Å². The molecule has 0 heterocycles. The van der Waals surface area contributed by atoms with Crippen LogP contribution in [0.4, 0.5) is 0 Å². The molecule has 2 rings (SSSR count). The van der Waals surface area contributed by atoms with E-state index in [-0.39, 0.29) is 14.9 Å². The molecule has 0 bridgehead atoms. The number of hydrogen-bond acceptors (Lipinski definition) is 4. The Bertz CT molecular complexity index is 831. The molecule has 0 fully saturated rings. The second-order valence-corrected chi connectivity index (χ2v) is 7.68. The molecule has 0 saturated carbocycles. The maximum Gasteiger partial charge on any atom is 0.244 e. The van der Waals surface area contributed by atoms with E-state index in [1.807, 2.05) is 6.92 Å². The van der Waals surface area contributed by atoms with E-state index in [1.165, 1.54) is 18.2 Å². The number of halogens is 2. The highest BCUT2D eigenvalue weighted by molar-refractivity contribution is 7.89. The normalized spacial score (nSPS) is 12.8. The molecule has 5 nitrogen and oxygen atoms in total. The molecule has 128 valence electrons. The lowest BCUT2D eigenvalue weighted by Crippen LogP contribution is -2.34. The Hall–Kier alpha value is -1.60. The molecule has 0 aliphatic heterocycles. The number of carbonyl (C=O) groups excluding carboxylic acids is 1. The molecule has 0 aromatic heterocycles. The van der Waals surface area contributed by atoms with Gasteiger partial charge in [-0.25, -0.2) is 13.1 Å². The number of nitrogens with one attached hydrogen (secondary N) is 1. The van der Waals surface area contributed by atoms with Crippen LogP contribution in [0, 0.1) is 6.92 Å². The molecule has 0 aliphatic carbocycles. The fourth-order valence-corrected chi connectivity index (χ4v) is 4.55. The molecule has 0 unspecified atom stereocenters. The third kappa shape index (κ3) is 4.48. The minimum Gasteiger partial charge on any atom is -0.550 e. The van der Waals surface area contributed by atoms with Crippen molar-refractivity contribution >= 4 is 39.2 Å². The van der Waals surface area contributed by atoms with Crippen molar-refractivity contribution < 1.29 is 18.3 Å². The van der Waals surface area contributed by atoms with Crippen molar-refractivity contribution in [2.24, 2.45) is 0 Å². The molecule has 1 N–H and O–H groups in total. The standard InChI is InChI=1S/C16H15Cl2NO4S/c1-10-5-7-11(8-6-10)14(9-15(20)21)19-24(22,23)16-12(17)3-2-4-13(16)18/h2-8,14,19H,9H2,1H3,(H,20,21)/p-1/t14-/m0/s1. The van der Waals surface area contributed by atoms with Gasteiger partial charge in [-0.3, -0.25) is 0 Å². The van der Waals surface area contributed by atoms with Crippen LogP contribution in [0.15, 0.2) is 47.4 Å². The molecule has 2 aromatic rings. The Morgan fingerprint density at radius 3 is 2.17 bits per heavy atom. The van der Waals surface area contributed by atoms with Gasteiger partial charge in [0.15, 0.2) is 0 Å². The second-order valence-electron chi connectivity index (χ2n) is 5.21. The van der Waals surface area contributed by atoms with Gasteiger partial charge in [0.25, 0.3) is 0 Å². The molecule has 0 aliphatic rings. The monoisotopic (exact) mass is 386 g/mol. The first-order valence-electron chi connectivity index (χ1n) is 6.93. The Labute approximate surface area is 150 Å². The van der Waals surface area contributed by atoms with E-state index in [4.69, 9.17) is 23.2 Å². The number of rotatable bonds is 6. The summed E-state index contributed by atoms with van der Waals surface area (Å²) in [7, 11) is -4.13. The third-order valence-electron chi connectivity index (χ3n) is 3.34. The van der Waals surface area contributed by atoms with E-state index in [9.17, 15) is 18.3 Å². The summed E-state index contributed by atoms with van der Waals surface area (Å²) in [5.41, 5.74) is 1.46. The topological polar surface area (TPSA) is 86.3 Å². The highest BCUT2D eigenvalue weighted by Crippen LogP contribution is 2.30. The number of benzene rings is 2. The largest absolute Gasteiger partial charge is 0.550 e. The Morgan fingerprint density at radius 1 is 1.12 bits per heavy atom. The lowest BCUT2D eigenvalue weighted by molar-refractivity contribution is -0.306. The summed E-state index contributed by atoms with van der Waals surface area (Å²) in [5, 5.41) is 10.9. The van der Waals surface area contributed by atoms with Gasteiger partial charge in [-0.15, -0.1) is 0 Å². The molecule has 0 spiro atoms. The smallest absolute Gasteiger partial charge is 0.244 e. The molecule has 0 saturated heterocycles. The van der Waals surface area contributed by atoms with E-state index in [0.29, 0.717) is 5.56 Å². The highest BCUT2D eigenvalue weighted by Gasteiger charge is 2.26. The van der Waals surface area contributed by atoms with Crippen LogP contribution >= 0.6 is 23.2 Å². The van der Waals surface area contributed by atoms with Crippen LogP contribution in [-0.4, -0.2) is 14.4 Å². The van der Waals surface area contributed by atoms with E-state index < -0.39 is 28.5 Å². The van der Waals surface area contributed by atoms with Gasteiger partial charge in [-0.2, -0.15) is 0 Å². The van der Waals surface area contributed by atoms with Crippen molar-refractivity contribution in [3.05, 3.63) is 63.6 Å². The molecular weight excluding hydrogens is 373 g/mol. The maximum atomic E-state index is 12.6. The minimum atomic E-state index is -4.13. The number of aliphatic carboxylic acids is 1. The number of hydrogen-bond donors (Lipinski definition) is 1. The Balaban J connectivity index is 2.41. The number of carboxylic acid groups (broad SMARTS) is 1. The van der Waals surface area contributed by atoms with Crippen LogP contribution in [0.5, 0.6) is 0 Å². The maximum absolute atomic E-state index is 12.6. The second kappa shape index (κ2) is 7.53. The summed E-state index contributed by atoms with van der Waals surface area (Å²) in [6.07, 6.45) is -0.523. The number of sulfonamides is 1. The van der Waals surface area contributed by atoms with Gasteiger partial charge in [0, 0.05) is 12.4 Å². The lowest BCUT2D eigenvalue weighted by Gasteiger charge is -2.20. The summed E-state index contributed by atoms with van der Waals surface area (Å²) in [6, 6.07) is 10.1. The van der Waals surface area contributed by atoms with Gasteiger partial charge >= 0.3 is 0 Å². The molecule has 24 heavy (non-hydrogen) atoms. The summed E-state index contributed by atoms with van der Waals surface area (Å²) in [5.74, 6) is -1.38. The molecule has 0 amide bonds. The van der Waals surface area contributed by atoms with Crippen molar-refractivity contribution in [3.8, 4) is 0 Å². The van der Waals surface area contributed by atoms with Crippen LogP contribution < -0.4 is 9.83 Å². The molecular formula is C16H14Cl2NO4S-. The summed E-state index contributed by atoms with van der Waals surface area (Å²) >= 11 is 11.9. The summed E-state index contributed by atoms with van der Waals surface area (Å²) < 4.78 is 27.6. The highest BCUT2D eigenvalue weighted by atomic mass is 35.5. The zero-order valence-corrected chi connectivity index (χ0v) is 15.0. The third-order valence-corrected chi connectivity index (χ3v) is 5.76. The average molecular weight is 387 g/mol. The SMILES string of the molecule is Cc1ccc([C@H](CC(=O)[O-])NS(=O)(=O)c2c(Cl)cccc2Cl)cc1. The predicted octanol–water partition coefficient (Wildman–Crippen LogP) is 2.46. The fraction of sp³-hybridized carbons (Fsp3) is 0.188. The van der Waals surface area contributed by atoms with Gasteiger partial charge in [0.2, 0.25) is 10.0 Å². The van der Waals surface area contributed by atoms with Gasteiger partial charge < -0.3 is 9.90 Å². The van der Waals surface area contributed by atoms with Gasteiger partial charge in [-0.05, 0) is 24.6 Å². The van der Waals surface area contributed by atoms with Crippen LogP contribution in [0.3, 0.4) is 0 Å². The van der Waals surface area contributed by atoms with Crippen molar-refractivity contribution in [2.45, 2.75) is 24.3 Å². The number of carbonyl (C=O) groups is 1. The minimum absolute atomic E-state index is 0.0499. The van der Waals surface area contributed by atoms with Crippen LogP contribution in [0.25, 0.3) is 0 Å². The van der Waals surface area contributed by atoms with Crippen LogP contribution in [-0.2, 0) is 14.8 Å². The predicted molar refractivity (Wildman–Crippen MR) is 90.3 cm³/mol. The first-order valence-corrected chi connectivity index (χ1v) is 9.17. The Kier molecular flexibility index (Phi) is 5.87. The van der Waals surface area contributed by atoms with E-state index in [0.717, 1.165) is 5.56 Å². The van der Waals surface area contributed by atoms with Crippen molar-refractivity contribution in [1.82, 2.24) is 4.72 Å². The van der Waals surface area contributed by atoms with E-state index >= 15 is 0 Å². The summed E-state index contributed by atoms with van der Waals surface area (Å²) in [6.45, 7) is 1.87. The quantitative estimate of drug-likeness (QED) is 0.825. The van der Waals surface area contributed by atoms with Gasteiger partial charge in [-0.1, -0.05) is 59.1 Å². The van der Waals surface area contributed by atoms with E-state index in [2.05, 4.69) is 4.72 Å². The van der Waals surface area contributed by atoms with E-state index in [1.54, 1.807) is 24.3 Å². The first kappa shape index (κ1) is 18.7. The zero-order valence-electron chi connectivity index (χ0n) is 12.6. The number of aryl methyl sites for hydroxylation is 1. The van der Waals surface area contributed by atoms with Crippen molar-refractivity contribution in [2.75, 3.05) is 0 Å². The van der Waals surface area contributed by atoms with Crippen LogP contribution in [0.2, 0.25) is 10.0 Å². The van der Waals surface area contributed by atoms with Gasteiger partial charge in [0.05, 0.1) is 16.1 Å². The number of carboxylic acids is 1. The first-order chi connectivity index (χ1) is 11.2. The Morgan fingerprint density at radius 2 is 1.67 bits per heavy atom. The molecule has 2 aromatic carbocycles. The molecule has 0 radical (unpaired) electrons. The zero-order chi connectivity index (χ0) is 17.9. The molecule has 1 atom stereocenters. The van der Waals surface area contributed by atoms with Gasteiger partial charge in [0.1, 0.15) is 4.90 Å². The molecule has 8 heteroatoms. The lowest BCUT2D eigenvalue weighted by atomic mass is 10.0. The van der Waals surface area contributed by atoms with Crippen molar-refractivity contribution in [3.63, 3.8) is 0 Å². The van der Waals surface area contributed by atoms with Crippen LogP contribution in [0.1, 0.15) is 23.6 Å². The summed E-state index contributed by atoms with van der Waals surface area (Å²) in [4.78, 5) is 10.7.